The fourth-order valence-electron chi connectivity index (χ4n) is 2.09. The van der Waals surface area contributed by atoms with Crippen LogP contribution in [0.2, 0.25) is 0 Å². The van der Waals surface area contributed by atoms with Crippen LogP contribution in [0.3, 0.4) is 0 Å². The summed E-state index contributed by atoms with van der Waals surface area (Å²) in [4.78, 5) is 11.3. The first kappa shape index (κ1) is 10.9. The van der Waals surface area contributed by atoms with Crippen molar-refractivity contribution in [3.63, 3.8) is 0 Å². The third-order valence-corrected chi connectivity index (χ3v) is 4.63. The van der Waals surface area contributed by atoms with Crippen molar-refractivity contribution in [3.8, 4) is 0 Å². The van der Waals surface area contributed by atoms with Gasteiger partial charge in [-0.2, -0.15) is 0 Å². The lowest BCUT2D eigenvalue weighted by Crippen LogP contribution is -2.36. The highest BCUT2D eigenvalue weighted by atomic mass is 32.2. The van der Waals surface area contributed by atoms with Crippen LogP contribution in [0.1, 0.15) is 19.8 Å². The summed E-state index contributed by atoms with van der Waals surface area (Å²) in [5.74, 6) is -0.272. The summed E-state index contributed by atoms with van der Waals surface area (Å²) in [5, 5.41) is 0. The van der Waals surface area contributed by atoms with Crippen molar-refractivity contribution in [2.45, 2.75) is 31.5 Å². The van der Waals surface area contributed by atoms with E-state index in [1.807, 2.05) is 0 Å². The van der Waals surface area contributed by atoms with Gasteiger partial charge in [0.2, 0.25) is 0 Å². The van der Waals surface area contributed by atoms with Crippen molar-refractivity contribution in [2.24, 2.45) is 0 Å². The van der Waals surface area contributed by atoms with Crippen LogP contribution in [0.4, 0.5) is 0 Å². The molecule has 0 N–H and O–H groups in total. The molecule has 0 saturated carbocycles. The van der Waals surface area contributed by atoms with E-state index in [2.05, 4.69) is 0 Å². The standard InChI is InChI=1S/C9H14O5S/c1-2-13-8(10)7-9(14-7)4-3-5-15(11,12)6-9/h7H,2-6H2,1H3. The monoisotopic (exact) mass is 234 g/mol. The van der Waals surface area contributed by atoms with Crippen molar-refractivity contribution in [2.75, 3.05) is 18.1 Å². The van der Waals surface area contributed by atoms with Gasteiger partial charge in [0.1, 0.15) is 5.60 Å². The fraction of sp³-hybridized carbons (Fsp3) is 0.889. The Morgan fingerprint density at radius 2 is 2.33 bits per heavy atom. The zero-order chi connectivity index (χ0) is 11.1. The van der Waals surface area contributed by atoms with Crippen LogP contribution in [0.15, 0.2) is 0 Å². The number of esters is 1. The predicted octanol–water partition coefficient (Wildman–Crippen LogP) is -0.104. The normalized spacial score (nSPS) is 37.5. The molecule has 2 aliphatic heterocycles. The summed E-state index contributed by atoms with van der Waals surface area (Å²) in [6.07, 6.45) is 0.543. The van der Waals surface area contributed by atoms with Crippen LogP contribution in [0.5, 0.6) is 0 Å². The molecule has 15 heavy (non-hydrogen) atoms. The first-order valence-corrected chi connectivity index (χ1v) is 6.86. The molecule has 0 amide bonds. The zero-order valence-corrected chi connectivity index (χ0v) is 9.38. The van der Waals surface area contributed by atoms with Gasteiger partial charge in [-0.15, -0.1) is 0 Å². The van der Waals surface area contributed by atoms with Crippen LogP contribution < -0.4 is 0 Å². The van der Waals surface area contributed by atoms with Gasteiger partial charge in [-0.1, -0.05) is 0 Å². The van der Waals surface area contributed by atoms with Gasteiger partial charge >= 0.3 is 5.97 Å². The Balaban J connectivity index is 2.03. The van der Waals surface area contributed by atoms with E-state index in [1.165, 1.54) is 0 Å². The Morgan fingerprint density at radius 3 is 2.93 bits per heavy atom. The minimum absolute atomic E-state index is 0.0382. The lowest BCUT2D eigenvalue weighted by molar-refractivity contribution is -0.144. The second kappa shape index (κ2) is 3.45. The number of hydrogen-bond donors (Lipinski definition) is 0. The number of sulfone groups is 1. The van der Waals surface area contributed by atoms with Gasteiger partial charge in [-0.25, -0.2) is 13.2 Å². The van der Waals surface area contributed by atoms with Crippen molar-refractivity contribution in [1.29, 1.82) is 0 Å². The lowest BCUT2D eigenvalue weighted by atomic mass is 10.0. The van der Waals surface area contributed by atoms with E-state index in [-0.39, 0.29) is 11.5 Å². The Kier molecular flexibility index (Phi) is 2.50. The summed E-state index contributed by atoms with van der Waals surface area (Å²) in [7, 11) is -3.04. The minimum Gasteiger partial charge on any atom is -0.464 e. The van der Waals surface area contributed by atoms with Crippen LogP contribution >= 0.6 is 0 Å². The highest BCUT2D eigenvalue weighted by Crippen LogP contribution is 2.45. The molecule has 86 valence electrons. The van der Waals surface area contributed by atoms with Gasteiger partial charge < -0.3 is 9.47 Å². The molecule has 6 heteroatoms. The van der Waals surface area contributed by atoms with E-state index in [0.29, 0.717) is 19.4 Å². The van der Waals surface area contributed by atoms with E-state index < -0.39 is 27.5 Å². The molecule has 0 aromatic carbocycles. The second-order valence-electron chi connectivity index (χ2n) is 4.01. The minimum atomic E-state index is -3.04. The van der Waals surface area contributed by atoms with E-state index in [4.69, 9.17) is 9.47 Å². The molecule has 0 bridgehead atoms. The molecule has 2 rings (SSSR count). The SMILES string of the molecule is CCOC(=O)C1OC12CCCS(=O)(=O)C2. The average Bonchev–Trinajstić information content (AvgIpc) is 2.77. The fourth-order valence-corrected chi connectivity index (χ4v) is 3.93. The van der Waals surface area contributed by atoms with Gasteiger partial charge in [-0.3, -0.25) is 0 Å². The number of carbonyl (C=O) groups is 1. The van der Waals surface area contributed by atoms with Crippen molar-refractivity contribution in [3.05, 3.63) is 0 Å². The third-order valence-electron chi connectivity index (χ3n) is 2.79. The number of carbonyl (C=O) groups excluding carboxylic acids is 1. The van der Waals surface area contributed by atoms with E-state index in [9.17, 15) is 13.2 Å². The maximum absolute atomic E-state index is 11.4. The molecule has 2 fully saturated rings. The maximum Gasteiger partial charge on any atom is 0.338 e. The van der Waals surface area contributed by atoms with Crippen LogP contribution in [0.25, 0.3) is 0 Å². The molecular formula is C9H14O5S. The van der Waals surface area contributed by atoms with Crippen molar-refractivity contribution >= 4 is 15.8 Å². The molecule has 0 aliphatic carbocycles. The molecule has 1 spiro atoms. The molecule has 2 heterocycles. The number of ether oxygens (including phenoxy) is 2. The topological polar surface area (TPSA) is 73.0 Å². The highest BCUT2D eigenvalue weighted by molar-refractivity contribution is 7.91. The smallest absolute Gasteiger partial charge is 0.338 e. The largest absolute Gasteiger partial charge is 0.464 e. The van der Waals surface area contributed by atoms with Crippen molar-refractivity contribution in [1.82, 2.24) is 0 Å². The van der Waals surface area contributed by atoms with Crippen LogP contribution in [-0.2, 0) is 24.1 Å². The molecule has 5 nitrogen and oxygen atoms in total. The Morgan fingerprint density at radius 1 is 1.60 bits per heavy atom. The average molecular weight is 234 g/mol. The summed E-state index contributed by atoms with van der Waals surface area (Å²) in [6, 6.07) is 0. The third kappa shape index (κ3) is 2.01. The summed E-state index contributed by atoms with van der Waals surface area (Å²) < 4.78 is 32.8. The van der Waals surface area contributed by atoms with Crippen LogP contribution in [0, 0.1) is 0 Å². The number of rotatable bonds is 2. The van der Waals surface area contributed by atoms with Gasteiger partial charge in [0, 0.05) is 0 Å². The summed E-state index contributed by atoms with van der Waals surface area (Å²) in [6.45, 7) is 2.01. The Hall–Kier alpha value is -0.620. The van der Waals surface area contributed by atoms with E-state index in [0.717, 1.165) is 0 Å². The van der Waals surface area contributed by atoms with Gasteiger partial charge in [0.25, 0.3) is 0 Å². The molecule has 2 saturated heterocycles. The van der Waals surface area contributed by atoms with Crippen molar-refractivity contribution < 1.29 is 22.7 Å². The first-order chi connectivity index (χ1) is 6.99. The molecule has 2 aliphatic rings. The Labute approximate surface area is 88.7 Å². The number of hydrogen-bond acceptors (Lipinski definition) is 5. The highest BCUT2D eigenvalue weighted by Gasteiger charge is 2.64. The predicted molar refractivity (Wildman–Crippen MR) is 52.1 cm³/mol. The molecule has 0 radical (unpaired) electrons. The van der Waals surface area contributed by atoms with Gasteiger partial charge in [-0.05, 0) is 19.8 Å². The van der Waals surface area contributed by atoms with E-state index >= 15 is 0 Å². The van der Waals surface area contributed by atoms with Crippen LogP contribution in [-0.4, -0.2) is 44.2 Å². The lowest BCUT2D eigenvalue weighted by Gasteiger charge is -2.18. The van der Waals surface area contributed by atoms with E-state index in [1.54, 1.807) is 6.92 Å². The zero-order valence-electron chi connectivity index (χ0n) is 8.56. The number of epoxide rings is 1. The maximum atomic E-state index is 11.4. The quantitative estimate of drug-likeness (QED) is 0.492. The molecular weight excluding hydrogens is 220 g/mol. The molecule has 0 aromatic heterocycles. The second-order valence-corrected chi connectivity index (χ2v) is 6.19. The van der Waals surface area contributed by atoms with Gasteiger partial charge in [0.05, 0.1) is 18.1 Å². The molecule has 2 atom stereocenters. The summed E-state index contributed by atoms with van der Waals surface area (Å²) >= 11 is 0. The first-order valence-electron chi connectivity index (χ1n) is 5.04. The molecule has 0 aromatic rings. The summed E-state index contributed by atoms with van der Waals surface area (Å²) in [5.41, 5.74) is -0.761. The van der Waals surface area contributed by atoms with Gasteiger partial charge in [0.15, 0.2) is 15.9 Å². The molecule has 2 unspecified atom stereocenters. The Bertz CT molecular complexity index is 374.